The summed E-state index contributed by atoms with van der Waals surface area (Å²) in [6, 6.07) is 20.8. The number of nitrogens with two attached hydrogens (primary N) is 3. The van der Waals surface area contributed by atoms with Crippen molar-refractivity contribution in [2.24, 2.45) is 0 Å². The van der Waals surface area contributed by atoms with E-state index in [2.05, 4.69) is 51.4 Å². The zero-order chi connectivity index (χ0) is 90.1. The highest BCUT2D eigenvalue weighted by Gasteiger charge is 2.43. The highest BCUT2D eigenvalue weighted by Crippen LogP contribution is 2.43. The Labute approximate surface area is 659 Å². The molecular weight excluding hydrogens is 1810 g/mol. The monoisotopic (exact) mass is 1840 g/mol. The predicted octanol–water partition coefficient (Wildman–Crippen LogP) is 16.7. The van der Waals surface area contributed by atoms with E-state index in [1.54, 1.807) is 0 Å². The van der Waals surface area contributed by atoms with E-state index in [0.29, 0.717) is 36.6 Å². The summed E-state index contributed by atoms with van der Waals surface area (Å²) in [6.45, 7) is 1.18. The fourth-order valence-electron chi connectivity index (χ4n) is 8.59. The molecule has 1 amide bonds. The molecular formula is C67H39Br2ClF21N11O12S2. The van der Waals surface area contributed by atoms with Crippen molar-refractivity contribution in [3.05, 3.63) is 205 Å². The van der Waals surface area contributed by atoms with Crippen molar-refractivity contribution in [1.29, 1.82) is 36.8 Å². The van der Waals surface area contributed by atoms with E-state index in [1.807, 2.05) is 0 Å². The third-order valence-electron chi connectivity index (χ3n) is 13.7. The number of fused-ring (bicyclic) bond motifs is 1. The van der Waals surface area contributed by atoms with Gasteiger partial charge in [0.25, 0.3) is 0 Å². The Morgan fingerprint density at radius 2 is 0.767 bits per heavy atom. The van der Waals surface area contributed by atoms with Crippen molar-refractivity contribution in [2.45, 2.75) is 59.9 Å². The maximum absolute atomic E-state index is 12.8. The molecule has 1 heterocycles. The molecule has 0 spiro atoms. The molecule has 0 unspecified atom stereocenters. The Morgan fingerprint density at radius 1 is 0.448 bits per heavy atom. The smallest absolute Gasteiger partial charge is 0.417 e. The van der Waals surface area contributed by atoms with Gasteiger partial charge < -0.3 is 36.7 Å². The van der Waals surface area contributed by atoms with E-state index < -0.39 is 197 Å². The first kappa shape index (κ1) is 99.7. The van der Waals surface area contributed by atoms with Gasteiger partial charge in [-0.15, -0.1) is 0 Å². The molecule has 0 aliphatic carbocycles. The number of sulfone groups is 2. The summed E-state index contributed by atoms with van der Waals surface area (Å²) in [7, 11) is -5.07. The number of carbonyl (C=O) groups is 5. The number of nitrogen functional groups attached to an aromatic ring is 3. The quantitative estimate of drug-likeness (QED) is 0.0538. The molecule has 0 atom stereocenters. The summed E-state index contributed by atoms with van der Waals surface area (Å²) in [5.41, 5.74) is 1.26. The first-order valence-electron chi connectivity index (χ1n) is 29.1. The molecule has 116 heavy (non-hydrogen) atoms. The first-order valence-corrected chi connectivity index (χ1v) is 34.6. The molecule has 7 N–H and O–H groups in total. The van der Waals surface area contributed by atoms with Crippen LogP contribution in [0, 0.1) is 79.3 Å². The minimum atomic E-state index is -4.92. The van der Waals surface area contributed by atoms with E-state index in [9.17, 15) is 133 Å². The van der Waals surface area contributed by atoms with Gasteiger partial charge >= 0.3 is 61.1 Å². The fourth-order valence-corrected chi connectivity index (χ4v) is 11.9. The van der Waals surface area contributed by atoms with Crippen molar-refractivity contribution in [3.63, 3.8) is 0 Å². The Kier molecular flexibility index (Phi) is 33.6. The molecule has 0 fully saturated rings. The van der Waals surface area contributed by atoms with Crippen molar-refractivity contribution in [3.8, 4) is 42.5 Å². The van der Waals surface area contributed by atoms with Crippen LogP contribution in [0.5, 0.6) is 0 Å². The molecule has 7 aromatic carbocycles. The molecule has 1 aliphatic rings. The van der Waals surface area contributed by atoms with Crippen LogP contribution in [0.15, 0.2) is 110 Å². The molecule has 1 aliphatic heterocycles. The third kappa shape index (κ3) is 26.9. The maximum Gasteiger partial charge on any atom is 0.417 e. The van der Waals surface area contributed by atoms with E-state index >= 15 is 0 Å². The summed E-state index contributed by atoms with van der Waals surface area (Å²) >= 11 is 11.5. The summed E-state index contributed by atoms with van der Waals surface area (Å²) in [4.78, 5) is 54.4. The highest BCUT2D eigenvalue weighted by molar-refractivity contribution is 9.11. The normalized spacial score (nSPS) is 12.0. The lowest BCUT2D eigenvalue weighted by atomic mass is 10.0. The number of rotatable bonds is 5. The van der Waals surface area contributed by atoms with Crippen LogP contribution >= 0.6 is 43.5 Å². The number of nitrogens with zero attached hydrogens (tertiary/aromatic N) is 7. The molecule has 614 valence electrons. The zero-order valence-electron chi connectivity index (χ0n) is 57.5. The largest absolute Gasteiger partial charge is 0.465 e. The lowest BCUT2D eigenvalue weighted by Gasteiger charge is -2.13. The summed E-state index contributed by atoms with van der Waals surface area (Å²) in [5, 5.41) is 61.9. The Hall–Kier alpha value is -12.4. The second-order valence-electron chi connectivity index (χ2n) is 21.6. The number of ketones is 1. The van der Waals surface area contributed by atoms with Crippen LogP contribution in [0.25, 0.3) is 0 Å². The number of alkyl halides is 21. The van der Waals surface area contributed by atoms with Gasteiger partial charge in [0, 0.05) is 44.8 Å². The van der Waals surface area contributed by atoms with Crippen LogP contribution in [-0.2, 0) is 81.9 Å². The molecule has 7 aromatic rings. The van der Waals surface area contributed by atoms with Crippen LogP contribution < -0.4 is 22.5 Å². The number of amides is 1. The van der Waals surface area contributed by atoms with Gasteiger partial charge in [-0.25, -0.2) is 31.2 Å². The Morgan fingerprint density at radius 3 is 1.16 bits per heavy atom. The number of Topliss-reactive ketones (excluding diaryl/α,β-unsaturated/α-hetero) is 1. The molecule has 8 rings (SSSR count). The summed E-state index contributed by atoms with van der Waals surface area (Å²) < 4.78 is 322. The lowest BCUT2D eigenvalue weighted by Crippen LogP contribution is -2.15. The van der Waals surface area contributed by atoms with Gasteiger partial charge in [-0.3, -0.25) is 9.59 Å². The van der Waals surface area contributed by atoms with Crippen molar-refractivity contribution in [1.82, 2.24) is 0 Å². The average Bonchev–Trinajstić information content (AvgIpc) is 1.60. The predicted molar refractivity (Wildman–Crippen MR) is 365 cm³/mol. The van der Waals surface area contributed by atoms with E-state index in [1.165, 1.54) is 55.5 Å². The summed E-state index contributed by atoms with van der Waals surface area (Å²) in [5.74, 6) is -5.09. The molecule has 0 bridgehead atoms. The number of benzene rings is 7. The van der Waals surface area contributed by atoms with Crippen LogP contribution in [0.2, 0.25) is 5.02 Å². The minimum absolute atomic E-state index is 0.00803. The standard InChI is InChI=1S/C11H8F3NO4S.C10H6BrF3N2O.C10H5ClF3NO2.C10H7F3N2O2.C10H4F3NO3S.C8H4BrF3N2.C8H5F3N2/c1-19-10(16)7-3-6(5-15)8(11(12,13)14)4-9(7)20(2,17)18;1-5(17)16-9-3-7(10(12,13)14)6(4-15)2-8(9)11;1-17-9(16)6-2-5(4-15)7(3-8(6)11)10(12,13)14;1-17-9(16)6-2-5(4-14)7(3-8(6)15)10(11,12)13;11-10(12,13)7-2-9-6(1-5(7)3-14)8(15)4-18(9,16)17;9-6-1-4(3-13)5(2-7(6)14)8(10,11)12;9-8(10,11)7-3-6(13)2-1-5(7)4-12/h3-4H,1-2H3;2-3H,1H3,(H,16,17);2-3H,1H3;2-3H,15H2,1H3;1-2H,4H2;1-2H,14H2;1-3H,13H2. The Balaban J connectivity index is 0.000000461. The van der Waals surface area contributed by atoms with Gasteiger partial charge in [0.15, 0.2) is 25.5 Å². The number of nitrogens with one attached hydrogen (secondary N) is 1. The topological polar surface area (TPSA) is 438 Å². The second-order valence-corrected chi connectivity index (χ2v) is 27.7. The number of esters is 3. The van der Waals surface area contributed by atoms with Crippen LogP contribution in [-0.4, -0.2) is 79.8 Å². The van der Waals surface area contributed by atoms with Gasteiger partial charge in [-0.1, -0.05) is 11.6 Å². The Bertz CT molecular complexity index is 5500. The number of nitriles is 7. The number of ether oxygens (including phenoxy) is 3. The van der Waals surface area contributed by atoms with Crippen LogP contribution in [0.3, 0.4) is 0 Å². The number of hydrogen-bond acceptors (Lipinski definition) is 22. The SMILES string of the molecule is CC(=O)Nc1cc(C(F)(F)F)c(C#N)cc1Br.COC(=O)c1cc(C#N)c(C(F)(F)F)cc1Cl.COC(=O)c1cc(C#N)c(C(F)(F)F)cc1N.COC(=O)c1cc(C#N)c(C(F)(F)F)cc1S(C)(=O)=O.N#Cc1cc(Br)c(N)cc1C(F)(F)F.N#Cc1cc2c(cc1C(F)(F)F)S(=O)(=O)CC2=O.N#Cc1ccc(N)cc1C(F)(F)F. The van der Waals surface area contributed by atoms with Crippen LogP contribution in [0.1, 0.15) is 126 Å². The highest BCUT2D eigenvalue weighted by atomic mass is 79.9. The minimum Gasteiger partial charge on any atom is -0.465 e. The number of carbonyl (C=O) groups excluding carboxylic acids is 5. The van der Waals surface area contributed by atoms with Crippen LogP contribution in [0.4, 0.5) is 115 Å². The number of halogens is 24. The first-order chi connectivity index (χ1) is 52.9. The molecule has 23 nitrogen and oxygen atoms in total. The lowest BCUT2D eigenvalue weighted by molar-refractivity contribution is -0.138. The molecule has 0 aromatic heterocycles. The average molecular weight is 1850 g/mol. The fraction of sp³-hybridized carbons (Fsp3) is 0.194. The molecule has 49 heteroatoms. The van der Waals surface area contributed by atoms with E-state index in [-0.39, 0.29) is 54.5 Å². The zero-order valence-corrected chi connectivity index (χ0v) is 63.1. The number of hydrogen-bond donors (Lipinski definition) is 4. The second kappa shape index (κ2) is 39.1. The number of methoxy groups -OCH3 is 3. The van der Waals surface area contributed by atoms with E-state index in [4.69, 9.17) is 65.6 Å². The van der Waals surface area contributed by atoms with Gasteiger partial charge in [-0.05, 0) is 123 Å². The number of anilines is 4. The molecule has 0 radical (unpaired) electrons. The van der Waals surface area contributed by atoms with Gasteiger partial charge in [-0.2, -0.15) is 129 Å². The maximum atomic E-state index is 12.8. The van der Waals surface area contributed by atoms with Crippen molar-refractivity contribution < 1.29 is 147 Å². The van der Waals surface area contributed by atoms with Crippen molar-refractivity contribution >= 4 is 115 Å². The van der Waals surface area contributed by atoms with Gasteiger partial charge in [0.1, 0.15) is 5.75 Å². The molecule has 0 saturated carbocycles. The van der Waals surface area contributed by atoms with Crippen molar-refractivity contribution in [2.75, 3.05) is 55.9 Å². The van der Waals surface area contributed by atoms with Gasteiger partial charge in [0.05, 0.1) is 179 Å². The molecule has 0 saturated heterocycles. The van der Waals surface area contributed by atoms with Gasteiger partial charge in [0.2, 0.25) is 5.91 Å². The third-order valence-corrected chi connectivity index (χ3v) is 18.1. The van der Waals surface area contributed by atoms with E-state index in [0.717, 1.165) is 69.9 Å². The summed E-state index contributed by atoms with van der Waals surface area (Å²) in [6.07, 6.45) is -32.2.